The molecule has 2 atom stereocenters. The fourth-order valence-electron chi connectivity index (χ4n) is 2.39. The minimum atomic E-state index is 0.175. The van der Waals surface area contributed by atoms with Gasteiger partial charge in [0.05, 0.1) is 28.8 Å². The topological polar surface area (TPSA) is 37.4 Å². The lowest BCUT2D eigenvalue weighted by Crippen LogP contribution is -2.49. The second-order valence-corrected chi connectivity index (χ2v) is 5.83. The van der Waals surface area contributed by atoms with Crippen LogP contribution in [-0.4, -0.2) is 36.8 Å². The second-order valence-electron chi connectivity index (χ2n) is 5.01. The molecule has 0 saturated carbocycles. The first kappa shape index (κ1) is 15.7. The van der Waals surface area contributed by atoms with Gasteiger partial charge >= 0.3 is 0 Å². The average molecular weight is 318 g/mol. The van der Waals surface area contributed by atoms with Crippen molar-refractivity contribution < 1.29 is 4.74 Å². The van der Waals surface area contributed by atoms with Crippen molar-refractivity contribution in [3.8, 4) is 0 Å². The van der Waals surface area contributed by atoms with Gasteiger partial charge in [0.2, 0.25) is 0 Å². The molecule has 1 saturated heterocycles. The lowest BCUT2D eigenvalue weighted by Gasteiger charge is -2.39. The highest BCUT2D eigenvalue weighted by molar-refractivity contribution is 6.37. The Hall–Kier alpha value is -0.710. The highest BCUT2D eigenvalue weighted by atomic mass is 35.5. The quantitative estimate of drug-likeness (QED) is 0.916. The van der Waals surface area contributed by atoms with Crippen molar-refractivity contribution in [1.82, 2.24) is 4.98 Å². The zero-order valence-electron chi connectivity index (χ0n) is 12.1. The molecular weight excluding hydrogens is 297 g/mol. The number of morpholine rings is 1. The van der Waals surface area contributed by atoms with Crippen molar-refractivity contribution in [2.24, 2.45) is 0 Å². The van der Waals surface area contributed by atoms with Gasteiger partial charge in [-0.3, -0.25) is 0 Å². The van der Waals surface area contributed by atoms with Crippen LogP contribution in [0.25, 0.3) is 0 Å². The first-order valence-corrected chi connectivity index (χ1v) is 7.80. The van der Waals surface area contributed by atoms with Gasteiger partial charge in [0.15, 0.2) is 0 Å². The van der Waals surface area contributed by atoms with E-state index in [1.807, 2.05) is 6.92 Å². The van der Waals surface area contributed by atoms with Crippen LogP contribution in [0.1, 0.15) is 27.2 Å². The standard InChI is InChI=1S/C14H21Cl2N3O/c1-4-10-8-20-9(3)7-19(10)14-12(16)6-11(15)13(18-14)17-5-2/h6,9-10H,4-5,7-8H2,1-3H3,(H,17,18). The lowest BCUT2D eigenvalue weighted by atomic mass is 10.1. The van der Waals surface area contributed by atoms with Crippen LogP contribution in [0.4, 0.5) is 11.6 Å². The predicted octanol–water partition coefficient (Wildman–Crippen LogP) is 3.82. The molecule has 1 aromatic rings. The molecule has 0 radical (unpaired) electrons. The Morgan fingerprint density at radius 2 is 2.15 bits per heavy atom. The molecule has 4 nitrogen and oxygen atoms in total. The number of nitrogens with zero attached hydrogens (tertiary/aromatic N) is 2. The van der Waals surface area contributed by atoms with E-state index < -0.39 is 0 Å². The average Bonchev–Trinajstić information content (AvgIpc) is 2.42. The van der Waals surface area contributed by atoms with Crippen LogP contribution in [0.2, 0.25) is 10.0 Å². The van der Waals surface area contributed by atoms with Gasteiger partial charge in [0, 0.05) is 13.1 Å². The Balaban J connectivity index is 2.36. The van der Waals surface area contributed by atoms with Crippen LogP contribution in [0.5, 0.6) is 0 Å². The Morgan fingerprint density at radius 3 is 2.80 bits per heavy atom. The number of hydrogen-bond acceptors (Lipinski definition) is 4. The first-order chi connectivity index (χ1) is 9.56. The van der Waals surface area contributed by atoms with Gasteiger partial charge in [-0.2, -0.15) is 0 Å². The number of halogens is 2. The Labute approximate surface area is 130 Å². The molecule has 1 aliphatic heterocycles. The van der Waals surface area contributed by atoms with E-state index in [1.54, 1.807) is 6.07 Å². The molecule has 2 rings (SSSR count). The largest absolute Gasteiger partial charge is 0.375 e. The molecule has 0 bridgehead atoms. The van der Waals surface area contributed by atoms with E-state index in [0.29, 0.717) is 28.5 Å². The van der Waals surface area contributed by atoms with Crippen LogP contribution in [-0.2, 0) is 4.74 Å². The molecule has 0 aromatic carbocycles. The third-order valence-electron chi connectivity index (χ3n) is 3.47. The summed E-state index contributed by atoms with van der Waals surface area (Å²) in [5.41, 5.74) is 0. The molecule has 6 heteroatoms. The molecule has 0 spiro atoms. The van der Waals surface area contributed by atoms with E-state index in [2.05, 4.69) is 29.0 Å². The van der Waals surface area contributed by atoms with E-state index in [4.69, 9.17) is 27.9 Å². The summed E-state index contributed by atoms with van der Waals surface area (Å²) in [6.45, 7) is 8.48. The van der Waals surface area contributed by atoms with Crippen molar-refractivity contribution in [3.63, 3.8) is 0 Å². The van der Waals surface area contributed by atoms with Gasteiger partial charge in [-0.15, -0.1) is 0 Å². The van der Waals surface area contributed by atoms with Gasteiger partial charge in [-0.25, -0.2) is 4.98 Å². The van der Waals surface area contributed by atoms with Gasteiger partial charge in [0.25, 0.3) is 0 Å². The Morgan fingerprint density at radius 1 is 1.40 bits per heavy atom. The molecule has 1 aliphatic rings. The number of aromatic nitrogens is 1. The van der Waals surface area contributed by atoms with Crippen LogP contribution >= 0.6 is 23.2 Å². The molecular formula is C14H21Cl2N3O. The smallest absolute Gasteiger partial charge is 0.150 e. The van der Waals surface area contributed by atoms with Gasteiger partial charge in [-0.05, 0) is 26.3 Å². The maximum absolute atomic E-state index is 6.35. The summed E-state index contributed by atoms with van der Waals surface area (Å²) in [6.07, 6.45) is 1.16. The van der Waals surface area contributed by atoms with E-state index in [1.165, 1.54) is 0 Å². The van der Waals surface area contributed by atoms with Crippen molar-refractivity contribution in [1.29, 1.82) is 0 Å². The molecule has 0 amide bonds. The van der Waals surface area contributed by atoms with Crippen LogP contribution in [0.15, 0.2) is 6.07 Å². The number of anilines is 2. The Bertz CT molecular complexity index is 470. The minimum absolute atomic E-state index is 0.175. The number of nitrogens with one attached hydrogen (secondary N) is 1. The van der Waals surface area contributed by atoms with E-state index in [0.717, 1.165) is 25.3 Å². The second kappa shape index (κ2) is 6.83. The lowest BCUT2D eigenvalue weighted by molar-refractivity contribution is 0.0296. The van der Waals surface area contributed by atoms with Gasteiger partial charge in [-0.1, -0.05) is 30.1 Å². The maximum atomic E-state index is 6.35. The zero-order valence-corrected chi connectivity index (χ0v) is 13.6. The monoisotopic (exact) mass is 317 g/mol. The van der Waals surface area contributed by atoms with E-state index >= 15 is 0 Å². The van der Waals surface area contributed by atoms with Crippen LogP contribution in [0, 0.1) is 0 Å². The van der Waals surface area contributed by atoms with Crippen molar-refractivity contribution >= 4 is 34.8 Å². The van der Waals surface area contributed by atoms with Crippen molar-refractivity contribution in [3.05, 3.63) is 16.1 Å². The summed E-state index contributed by atoms with van der Waals surface area (Å²) in [5.74, 6) is 1.47. The van der Waals surface area contributed by atoms with Crippen LogP contribution in [0.3, 0.4) is 0 Å². The SMILES string of the molecule is CCNc1nc(N2CC(C)OCC2CC)c(Cl)cc1Cl. The Kier molecular flexibility index (Phi) is 5.35. The maximum Gasteiger partial charge on any atom is 0.150 e. The van der Waals surface area contributed by atoms with Crippen molar-refractivity contribution in [2.45, 2.75) is 39.3 Å². The van der Waals surface area contributed by atoms with Gasteiger partial charge in [0.1, 0.15) is 11.6 Å². The van der Waals surface area contributed by atoms with Gasteiger partial charge < -0.3 is 15.0 Å². The van der Waals surface area contributed by atoms with Crippen LogP contribution < -0.4 is 10.2 Å². The number of pyridine rings is 1. The van der Waals surface area contributed by atoms with E-state index in [-0.39, 0.29) is 6.10 Å². The third kappa shape index (κ3) is 3.30. The predicted molar refractivity (Wildman–Crippen MR) is 85.3 cm³/mol. The number of rotatable bonds is 4. The zero-order chi connectivity index (χ0) is 14.7. The third-order valence-corrected chi connectivity index (χ3v) is 4.03. The molecule has 0 aliphatic carbocycles. The highest BCUT2D eigenvalue weighted by Gasteiger charge is 2.28. The summed E-state index contributed by atoms with van der Waals surface area (Å²) in [5, 5.41) is 4.31. The fourth-order valence-corrected chi connectivity index (χ4v) is 2.93. The highest BCUT2D eigenvalue weighted by Crippen LogP contribution is 2.34. The molecule has 1 fully saturated rings. The normalized spacial score (nSPS) is 22.9. The van der Waals surface area contributed by atoms with E-state index in [9.17, 15) is 0 Å². The van der Waals surface area contributed by atoms with Crippen molar-refractivity contribution in [2.75, 3.05) is 29.9 Å². The summed E-state index contributed by atoms with van der Waals surface area (Å²) < 4.78 is 5.72. The minimum Gasteiger partial charge on any atom is -0.375 e. The summed E-state index contributed by atoms with van der Waals surface area (Å²) >= 11 is 12.5. The summed E-state index contributed by atoms with van der Waals surface area (Å²) in [4.78, 5) is 6.84. The molecule has 1 N–H and O–H groups in total. The first-order valence-electron chi connectivity index (χ1n) is 7.04. The molecule has 1 aromatic heterocycles. The number of ether oxygens (including phenoxy) is 1. The summed E-state index contributed by atoms with van der Waals surface area (Å²) in [6, 6.07) is 2.06. The molecule has 112 valence electrons. The summed E-state index contributed by atoms with van der Waals surface area (Å²) in [7, 11) is 0. The molecule has 2 heterocycles. The molecule has 2 unspecified atom stereocenters. The molecule has 20 heavy (non-hydrogen) atoms. The fraction of sp³-hybridized carbons (Fsp3) is 0.643. The number of hydrogen-bond donors (Lipinski definition) is 1.